The zero-order chi connectivity index (χ0) is 13.0. The maximum absolute atomic E-state index is 11.0. The topological polar surface area (TPSA) is 86.5 Å². The first-order valence-electron chi connectivity index (χ1n) is 5.89. The van der Waals surface area contributed by atoms with E-state index in [1.165, 1.54) is 20.0 Å². The summed E-state index contributed by atoms with van der Waals surface area (Å²) in [6.07, 6.45) is 2.42. The summed E-state index contributed by atoms with van der Waals surface area (Å²) in [5.74, 6) is 1.24. The molecule has 6 nitrogen and oxygen atoms in total. The molecule has 0 unspecified atom stereocenters. The molecule has 18 heavy (non-hydrogen) atoms. The van der Waals surface area contributed by atoms with Gasteiger partial charge in [0, 0.05) is 0 Å². The smallest absolute Gasteiger partial charge is 0.325 e. The van der Waals surface area contributed by atoms with E-state index in [4.69, 9.17) is 10.5 Å². The summed E-state index contributed by atoms with van der Waals surface area (Å²) in [7, 11) is 1.34. The number of methoxy groups -OCH3 is 1. The zero-order valence-corrected chi connectivity index (χ0v) is 10.3. The summed E-state index contributed by atoms with van der Waals surface area (Å²) >= 11 is 0. The van der Waals surface area contributed by atoms with Gasteiger partial charge in [0.2, 0.25) is 5.88 Å². The van der Waals surface area contributed by atoms with E-state index in [1.807, 2.05) is 0 Å². The monoisotopic (exact) mass is 251 g/mol. The SMILES string of the molecule is COC(=O)CNc1ccc(N)c(OCC2CC2)n1. The van der Waals surface area contributed by atoms with Crippen LogP contribution in [-0.4, -0.2) is 31.2 Å². The van der Waals surface area contributed by atoms with Crippen LogP contribution in [0.4, 0.5) is 11.5 Å². The van der Waals surface area contributed by atoms with Crippen molar-refractivity contribution in [2.24, 2.45) is 5.92 Å². The Kier molecular flexibility index (Phi) is 3.86. The van der Waals surface area contributed by atoms with Gasteiger partial charge in [-0.15, -0.1) is 0 Å². The first-order chi connectivity index (χ1) is 8.69. The van der Waals surface area contributed by atoms with Crippen molar-refractivity contribution in [2.45, 2.75) is 12.8 Å². The maximum atomic E-state index is 11.0. The van der Waals surface area contributed by atoms with Crippen LogP contribution < -0.4 is 15.8 Å². The van der Waals surface area contributed by atoms with E-state index < -0.39 is 0 Å². The minimum Gasteiger partial charge on any atom is -0.476 e. The minimum absolute atomic E-state index is 0.0650. The van der Waals surface area contributed by atoms with Gasteiger partial charge in [0.1, 0.15) is 12.4 Å². The number of anilines is 2. The molecule has 1 heterocycles. The average Bonchev–Trinajstić information content (AvgIpc) is 3.19. The Balaban J connectivity index is 1.93. The van der Waals surface area contributed by atoms with Gasteiger partial charge in [-0.25, -0.2) is 0 Å². The van der Waals surface area contributed by atoms with E-state index in [0.29, 0.717) is 29.9 Å². The second-order valence-electron chi connectivity index (χ2n) is 4.27. The molecule has 0 amide bonds. The van der Waals surface area contributed by atoms with E-state index in [1.54, 1.807) is 12.1 Å². The number of pyridine rings is 1. The molecule has 0 bridgehead atoms. The molecule has 0 radical (unpaired) electrons. The van der Waals surface area contributed by atoms with Gasteiger partial charge < -0.3 is 20.5 Å². The van der Waals surface area contributed by atoms with Gasteiger partial charge in [-0.05, 0) is 30.9 Å². The molecule has 0 aliphatic heterocycles. The zero-order valence-electron chi connectivity index (χ0n) is 10.3. The van der Waals surface area contributed by atoms with Crippen molar-refractivity contribution >= 4 is 17.5 Å². The molecule has 0 spiro atoms. The summed E-state index contributed by atoms with van der Waals surface area (Å²) in [6, 6.07) is 3.40. The highest BCUT2D eigenvalue weighted by Gasteiger charge is 2.22. The Bertz CT molecular complexity index is 433. The van der Waals surface area contributed by atoms with Crippen molar-refractivity contribution in [2.75, 3.05) is 31.3 Å². The molecule has 98 valence electrons. The molecule has 3 N–H and O–H groups in total. The Morgan fingerprint density at radius 1 is 1.56 bits per heavy atom. The maximum Gasteiger partial charge on any atom is 0.325 e. The van der Waals surface area contributed by atoms with E-state index in [9.17, 15) is 4.79 Å². The van der Waals surface area contributed by atoms with Crippen molar-refractivity contribution < 1.29 is 14.3 Å². The molecule has 0 saturated heterocycles. The van der Waals surface area contributed by atoms with Crippen LogP contribution in [0.2, 0.25) is 0 Å². The Labute approximate surface area is 105 Å². The van der Waals surface area contributed by atoms with Crippen LogP contribution in [0, 0.1) is 5.92 Å². The van der Waals surface area contributed by atoms with Crippen molar-refractivity contribution in [3.63, 3.8) is 0 Å². The Morgan fingerprint density at radius 3 is 3.00 bits per heavy atom. The molecule has 1 aromatic heterocycles. The summed E-state index contributed by atoms with van der Waals surface area (Å²) in [6.45, 7) is 0.715. The number of esters is 1. The summed E-state index contributed by atoms with van der Waals surface area (Å²) < 4.78 is 10.1. The lowest BCUT2D eigenvalue weighted by Crippen LogP contribution is -2.16. The molecule has 0 aromatic carbocycles. The van der Waals surface area contributed by atoms with Gasteiger partial charge in [0.05, 0.1) is 19.4 Å². The molecular formula is C12H17N3O3. The van der Waals surface area contributed by atoms with Crippen LogP contribution in [0.1, 0.15) is 12.8 Å². The third-order valence-electron chi connectivity index (χ3n) is 2.68. The molecule has 1 aromatic rings. The van der Waals surface area contributed by atoms with Crippen molar-refractivity contribution in [1.82, 2.24) is 4.98 Å². The number of ether oxygens (including phenoxy) is 2. The third-order valence-corrected chi connectivity index (χ3v) is 2.68. The standard InChI is InChI=1S/C12H17N3O3/c1-17-11(16)6-14-10-5-4-9(13)12(15-10)18-7-8-2-3-8/h4-5,8H,2-3,6-7,13H2,1H3,(H,14,15). The lowest BCUT2D eigenvalue weighted by molar-refractivity contribution is -0.138. The fraction of sp³-hybridized carbons (Fsp3) is 0.500. The normalized spacial score (nSPS) is 14.1. The first-order valence-corrected chi connectivity index (χ1v) is 5.89. The molecular weight excluding hydrogens is 234 g/mol. The number of rotatable bonds is 6. The quantitative estimate of drug-likeness (QED) is 0.734. The molecule has 1 aliphatic rings. The molecule has 1 aliphatic carbocycles. The highest BCUT2D eigenvalue weighted by Crippen LogP contribution is 2.30. The lowest BCUT2D eigenvalue weighted by Gasteiger charge is -2.10. The van der Waals surface area contributed by atoms with E-state index in [-0.39, 0.29) is 12.5 Å². The van der Waals surface area contributed by atoms with Crippen molar-refractivity contribution in [3.05, 3.63) is 12.1 Å². The molecule has 1 fully saturated rings. The fourth-order valence-corrected chi connectivity index (χ4v) is 1.38. The largest absolute Gasteiger partial charge is 0.476 e. The van der Waals surface area contributed by atoms with Crippen molar-refractivity contribution in [1.29, 1.82) is 0 Å². The number of hydrogen-bond acceptors (Lipinski definition) is 6. The van der Waals surface area contributed by atoms with Gasteiger partial charge in [-0.3, -0.25) is 4.79 Å². The van der Waals surface area contributed by atoms with E-state index in [2.05, 4.69) is 15.0 Å². The number of carbonyl (C=O) groups is 1. The summed E-state index contributed by atoms with van der Waals surface area (Å²) in [4.78, 5) is 15.2. The second kappa shape index (κ2) is 5.57. The number of nitrogens with two attached hydrogens (primary N) is 1. The number of hydrogen-bond donors (Lipinski definition) is 2. The first kappa shape index (κ1) is 12.5. The predicted octanol–water partition coefficient (Wildman–Crippen LogP) is 1.04. The predicted molar refractivity (Wildman–Crippen MR) is 67.4 cm³/mol. The Hall–Kier alpha value is -1.98. The fourth-order valence-electron chi connectivity index (χ4n) is 1.38. The Morgan fingerprint density at radius 2 is 2.33 bits per heavy atom. The van der Waals surface area contributed by atoms with Crippen LogP contribution in [0.5, 0.6) is 5.88 Å². The summed E-state index contributed by atoms with van der Waals surface area (Å²) in [5, 5.41) is 2.85. The number of carbonyl (C=O) groups excluding carboxylic acids is 1. The van der Waals surface area contributed by atoms with Crippen molar-refractivity contribution in [3.8, 4) is 5.88 Å². The lowest BCUT2D eigenvalue weighted by atomic mass is 10.4. The second-order valence-corrected chi connectivity index (χ2v) is 4.27. The third kappa shape index (κ3) is 3.51. The van der Waals surface area contributed by atoms with Crippen LogP contribution in [0.15, 0.2) is 12.1 Å². The number of nitrogens with one attached hydrogen (secondary N) is 1. The van der Waals surface area contributed by atoms with Gasteiger partial charge in [0.15, 0.2) is 0 Å². The highest BCUT2D eigenvalue weighted by molar-refractivity contribution is 5.74. The van der Waals surface area contributed by atoms with Gasteiger partial charge in [-0.2, -0.15) is 4.98 Å². The average molecular weight is 251 g/mol. The number of aromatic nitrogens is 1. The van der Waals surface area contributed by atoms with Gasteiger partial charge in [0.25, 0.3) is 0 Å². The molecule has 6 heteroatoms. The molecule has 2 rings (SSSR count). The van der Waals surface area contributed by atoms with Crippen LogP contribution in [0.25, 0.3) is 0 Å². The number of nitrogen functional groups attached to an aromatic ring is 1. The summed E-state index contributed by atoms with van der Waals surface area (Å²) in [5.41, 5.74) is 6.27. The van der Waals surface area contributed by atoms with Crippen LogP contribution in [0.3, 0.4) is 0 Å². The number of nitrogens with zero attached hydrogens (tertiary/aromatic N) is 1. The van der Waals surface area contributed by atoms with E-state index >= 15 is 0 Å². The minimum atomic E-state index is -0.353. The van der Waals surface area contributed by atoms with Gasteiger partial charge in [-0.1, -0.05) is 0 Å². The molecule has 0 atom stereocenters. The van der Waals surface area contributed by atoms with E-state index in [0.717, 1.165) is 0 Å². The van der Waals surface area contributed by atoms with Crippen LogP contribution in [-0.2, 0) is 9.53 Å². The molecule has 1 saturated carbocycles. The van der Waals surface area contributed by atoms with Gasteiger partial charge >= 0.3 is 5.97 Å². The highest BCUT2D eigenvalue weighted by atomic mass is 16.5. The van der Waals surface area contributed by atoms with Crippen LogP contribution >= 0.6 is 0 Å².